The van der Waals surface area contributed by atoms with Crippen LogP contribution in [-0.2, 0) is 11.0 Å². The van der Waals surface area contributed by atoms with E-state index in [2.05, 4.69) is 20.0 Å². The Labute approximate surface area is 160 Å². The first-order valence-electron chi connectivity index (χ1n) is 9.00. The zero-order chi connectivity index (χ0) is 18.5. The van der Waals surface area contributed by atoms with Gasteiger partial charge in [0.2, 0.25) is 5.95 Å². The lowest BCUT2D eigenvalue weighted by Crippen LogP contribution is -2.33. The maximum Gasteiger partial charge on any atom is 0.222 e. The fraction of sp³-hybridized carbons (Fsp3) is 0.556. The summed E-state index contributed by atoms with van der Waals surface area (Å²) in [4.78, 5) is 8.19. The molecule has 0 bridgehead atoms. The van der Waals surface area contributed by atoms with Gasteiger partial charge < -0.3 is 5.32 Å². The molecule has 8 heteroatoms. The molecule has 1 atom stereocenters. The van der Waals surface area contributed by atoms with E-state index in [1.807, 2.05) is 19.2 Å². The maximum atomic E-state index is 13.8. The molecule has 0 aromatic carbocycles. The van der Waals surface area contributed by atoms with Crippen LogP contribution >= 0.6 is 11.3 Å². The largest absolute Gasteiger partial charge is 0.359 e. The molecule has 1 fully saturated rings. The van der Waals surface area contributed by atoms with E-state index in [-0.39, 0.29) is 5.25 Å². The van der Waals surface area contributed by atoms with Crippen molar-refractivity contribution >= 4 is 27.5 Å². The number of pyridine rings is 1. The number of rotatable bonds is 7. The van der Waals surface area contributed by atoms with Crippen LogP contribution < -0.4 is 10.0 Å². The zero-order valence-electron chi connectivity index (χ0n) is 15.1. The number of aromatic nitrogens is 2. The van der Waals surface area contributed by atoms with Gasteiger partial charge in [-0.25, -0.2) is 18.9 Å². The van der Waals surface area contributed by atoms with E-state index in [4.69, 9.17) is 0 Å². The molecule has 1 aliphatic carbocycles. The Morgan fingerprint density at radius 2 is 2.12 bits per heavy atom. The molecule has 1 unspecified atom stereocenters. The van der Waals surface area contributed by atoms with Gasteiger partial charge in [-0.3, -0.25) is 0 Å². The molecule has 0 spiro atoms. The highest BCUT2D eigenvalue weighted by atomic mass is 32.2. The van der Waals surface area contributed by atoms with E-state index in [0.29, 0.717) is 23.2 Å². The van der Waals surface area contributed by atoms with Crippen molar-refractivity contribution in [2.45, 2.75) is 50.8 Å². The van der Waals surface area contributed by atoms with E-state index in [0.717, 1.165) is 37.4 Å². The van der Waals surface area contributed by atoms with Gasteiger partial charge in [-0.1, -0.05) is 0 Å². The van der Waals surface area contributed by atoms with Crippen LogP contribution in [0.2, 0.25) is 0 Å². The summed E-state index contributed by atoms with van der Waals surface area (Å²) in [6.07, 6.45) is 5.78. The summed E-state index contributed by atoms with van der Waals surface area (Å²) in [6.45, 7) is 4.74. The molecule has 2 heterocycles. The Morgan fingerprint density at radius 1 is 1.35 bits per heavy atom. The molecule has 2 aromatic rings. The minimum Gasteiger partial charge on any atom is -0.359 e. The van der Waals surface area contributed by atoms with Crippen LogP contribution in [0.25, 0.3) is 11.3 Å². The van der Waals surface area contributed by atoms with Crippen LogP contribution in [0.1, 0.15) is 39.5 Å². The Balaban J connectivity index is 1.48. The number of halogens is 1. The average Bonchev–Trinajstić information content (AvgIpc) is 3.09. The molecule has 26 heavy (non-hydrogen) atoms. The Morgan fingerprint density at radius 3 is 2.81 bits per heavy atom. The summed E-state index contributed by atoms with van der Waals surface area (Å²) in [7, 11) is -0.941. The van der Waals surface area contributed by atoms with E-state index in [1.54, 1.807) is 12.1 Å². The van der Waals surface area contributed by atoms with Gasteiger partial charge in [0.05, 0.1) is 22.2 Å². The first-order chi connectivity index (χ1) is 12.5. The van der Waals surface area contributed by atoms with Gasteiger partial charge in [-0.2, -0.15) is 4.39 Å². The lowest BCUT2D eigenvalue weighted by molar-refractivity contribution is 0.338. The first kappa shape index (κ1) is 19.4. The van der Waals surface area contributed by atoms with Crippen LogP contribution in [0, 0.1) is 11.9 Å². The van der Waals surface area contributed by atoms with Crippen molar-refractivity contribution in [3.05, 3.63) is 29.7 Å². The molecular formula is C18H25FN4OS2. The minimum atomic E-state index is -0.941. The van der Waals surface area contributed by atoms with E-state index >= 15 is 0 Å². The fourth-order valence-corrected chi connectivity index (χ4v) is 4.62. The topological polar surface area (TPSA) is 66.9 Å². The third-order valence-electron chi connectivity index (χ3n) is 4.66. The van der Waals surface area contributed by atoms with Gasteiger partial charge >= 0.3 is 0 Å². The van der Waals surface area contributed by atoms with Crippen molar-refractivity contribution < 1.29 is 8.60 Å². The van der Waals surface area contributed by atoms with Crippen molar-refractivity contribution in [2.75, 3.05) is 11.9 Å². The molecule has 0 radical (unpaired) electrons. The molecular weight excluding hydrogens is 371 g/mol. The Bertz CT molecular complexity index is 744. The van der Waals surface area contributed by atoms with Crippen LogP contribution in [0.4, 0.5) is 9.52 Å². The van der Waals surface area contributed by atoms with Crippen LogP contribution in [-0.4, -0.2) is 32.0 Å². The van der Waals surface area contributed by atoms with E-state index in [1.165, 1.54) is 17.5 Å². The summed E-state index contributed by atoms with van der Waals surface area (Å²) in [5, 5.41) is 6.31. The lowest BCUT2D eigenvalue weighted by Gasteiger charge is -2.29. The van der Waals surface area contributed by atoms with Crippen LogP contribution in [0.15, 0.2) is 23.7 Å². The van der Waals surface area contributed by atoms with Gasteiger partial charge in [-0.05, 0) is 57.6 Å². The second-order valence-electron chi connectivity index (χ2n) is 6.94. The number of hydrogen-bond acceptors (Lipinski definition) is 5. The lowest BCUT2D eigenvalue weighted by atomic mass is 9.86. The molecule has 0 saturated heterocycles. The molecule has 0 amide bonds. The highest BCUT2D eigenvalue weighted by molar-refractivity contribution is 7.83. The fourth-order valence-electron chi connectivity index (χ4n) is 3.09. The molecule has 2 N–H and O–H groups in total. The Hall–Kier alpha value is -1.38. The zero-order valence-corrected chi connectivity index (χ0v) is 16.7. The monoisotopic (exact) mass is 396 g/mol. The second-order valence-corrected chi connectivity index (χ2v) is 9.62. The summed E-state index contributed by atoms with van der Waals surface area (Å²) in [5.74, 6) is 0.0863. The van der Waals surface area contributed by atoms with E-state index < -0.39 is 16.9 Å². The summed E-state index contributed by atoms with van der Waals surface area (Å²) < 4.78 is 28.7. The molecule has 0 aliphatic heterocycles. The van der Waals surface area contributed by atoms with Crippen molar-refractivity contribution in [2.24, 2.45) is 5.92 Å². The van der Waals surface area contributed by atoms with E-state index in [9.17, 15) is 8.60 Å². The van der Waals surface area contributed by atoms with Crippen LogP contribution in [0.3, 0.4) is 0 Å². The Kier molecular flexibility index (Phi) is 6.72. The molecule has 142 valence electrons. The SMILES string of the molecule is CC(C)S(=O)NCC1CCC(Nc2nc(-c3cccnc3F)cs2)CC1. The van der Waals surface area contributed by atoms with Gasteiger partial charge in [0.1, 0.15) is 0 Å². The highest BCUT2D eigenvalue weighted by Gasteiger charge is 2.22. The van der Waals surface area contributed by atoms with Crippen molar-refractivity contribution in [1.82, 2.24) is 14.7 Å². The molecule has 2 aromatic heterocycles. The molecule has 1 saturated carbocycles. The predicted octanol–water partition coefficient (Wildman–Crippen LogP) is 3.98. The molecule has 3 rings (SSSR count). The highest BCUT2D eigenvalue weighted by Crippen LogP contribution is 2.30. The minimum absolute atomic E-state index is 0.150. The normalized spacial score (nSPS) is 21.7. The quantitative estimate of drug-likeness (QED) is 0.695. The molecule has 1 aliphatic rings. The number of hydrogen-bond donors (Lipinski definition) is 2. The molecule has 5 nitrogen and oxygen atoms in total. The van der Waals surface area contributed by atoms with Gasteiger partial charge in [0, 0.05) is 29.4 Å². The third-order valence-corrected chi connectivity index (χ3v) is 6.74. The van der Waals surface area contributed by atoms with Crippen molar-refractivity contribution in [3.8, 4) is 11.3 Å². The van der Waals surface area contributed by atoms with Crippen molar-refractivity contribution in [1.29, 1.82) is 0 Å². The summed E-state index contributed by atoms with van der Waals surface area (Å²) >= 11 is 1.50. The maximum absolute atomic E-state index is 13.8. The summed E-state index contributed by atoms with van der Waals surface area (Å²) in [5.41, 5.74) is 1.06. The van der Waals surface area contributed by atoms with Gasteiger partial charge in [-0.15, -0.1) is 11.3 Å². The second kappa shape index (κ2) is 9.01. The van der Waals surface area contributed by atoms with Crippen LogP contribution in [0.5, 0.6) is 0 Å². The number of nitrogens with zero attached hydrogens (tertiary/aromatic N) is 2. The number of nitrogens with one attached hydrogen (secondary N) is 2. The van der Waals surface area contributed by atoms with Gasteiger partial charge in [0.15, 0.2) is 5.13 Å². The number of anilines is 1. The van der Waals surface area contributed by atoms with Gasteiger partial charge in [0.25, 0.3) is 0 Å². The predicted molar refractivity (Wildman–Crippen MR) is 106 cm³/mol. The average molecular weight is 397 g/mol. The smallest absolute Gasteiger partial charge is 0.222 e. The number of thiazole rings is 1. The third kappa shape index (κ3) is 5.08. The van der Waals surface area contributed by atoms with Crippen molar-refractivity contribution in [3.63, 3.8) is 0 Å². The standard InChI is InChI=1S/C18H25FN4OS2/c1-12(2)26(24)21-10-13-5-7-14(8-6-13)22-18-23-16(11-25-18)15-4-3-9-20-17(15)19/h3-4,9,11-14,21H,5-8,10H2,1-2H3,(H,22,23). The first-order valence-corrected chi connectivity index (χ1v) is 11.1. The summed E-state index contributed by atoms with van der Waals surface area (Å²) in [6, 6.07) is 3.80.